The summed E-state index contributed by atoms with van der Waals surface area (Å²) in [5, 5.41) is 8.10. The van der Waals surface area contributed by atoms with Gasteiger partial charge in [0.25, 0.3) is 0 Å². The van der Waals surface area contributed by atoms with Crippen LogP contribution in [0, 0.1) is 13.8 Å². The zero-order chi connectivity index (χ0) is 11.8. The van der Waals surface area contributed by atoms with E-state index in [-0.39, 0.29) is 0 Å². The van der Waals surface area contributed by atoms with E-state index < -0.39 is 0 Å². The number of aryl methyl sites for hydroxylation is 2. The summed E-state index contributed by atoms with van der Waals surface area (Å²) in [6, 6.07) is 10.7. The van der Waals surface area contributed by atoms with Crippen LogP contribution in [0.25, 0.3) is 10.1 Å². The molecule has 17 heavy (non-hydrogen) atoms. The molecule has 2 nitrogen and oxygen atoms in total. The van der Waals surface area contributed by atoms with Gasteiger partial charge in [-0.1, -0.05) is 18.2 Å². The molecule has 0 amide bonds. The zero-order valence-electron chi connectivity index (χ0n) is 9.97. The Morgan fingerprint density at radius 3 is 2.82 bits per heavy atom. The van der Waals surface area contributed by atoms with Gasteiger partial charge in [0.2, 0.25) is 0 Å². The molecular weight excluding hydrogens is 228 g/mol. The lowest BCUT2D eigenvalue weighted by Gasteiger charge is -2.03. The monoisotopic (exact) mass is 242 g/mol. The van der Waals surface area contributed by atoms with Gasteiger partial charge in [-0.2, -0.15) is 5.10 Å². The maximum Gasteiger partial charge on any atom is 0.0676 e. The molecule has 0 aliphatic heterocycles. The molecule has 2 aromatic heterocycles. The maximum atomic E-state index is 4.51. The fraction of sp³-hybridized carbons (Fsp3) is 0.214. The Hall–Kier alpha value is -1.61. The Balaban J connectivity index is 2.03. The number of aromatic nitrogens is 2. The maximum absolute atomic E-state index is 4.51. The van der Waals surface area contributed by atoms with E-state index >= 15 is 0 Å². The first kappa shape index (κ1) is 10.5. The van der Waals surface area contributed by atoms with E-state index in [1.165, 1.54) is 21.3 Å². The van der Waals surface area contributed by atoms with Crippen molar-refractivity contribution in [2.75, 3.05) is 0 Å². The van der Waals surface area contributed by atoms with Gasteiger partial charge >= 0.3 is 0 Å². The molecule has 0 bridgehead atoms. The van der Waals surface area contributed by atoms with E-state index in [1.54, 1.807) is 11.3 Å². The first-order valence-electron chi connectivity index (χ1n) is 5.70. The highest BCUT2D eigenvalue weighted by Gasteiger charge is 2.06. The van der Waals surface area contributed by atoms with Crippen molar-refractivity contribution in [2.24, 2.45) is 0 Å². The molecule has 0 atom stereocenters. The average molecular weight is 242 g/mol. The van der Waals surface area contributed by atoms with Gasteiger partial charge in [-0.05, 0) is 42.3 Å². The van der Waals surface area contributed by atoms with Gasteiger partial charge in [0.15, 0.2) is 0 Å². The molecular formula is C14H14N2S. The third-order valence-electron chi connectivity index (χ3n) is 2.98. The van der Waals surface area contributed by atoms with Crippen LogP contribution in [-0.4, -0.2) is 9.78 Å². The first-order valence-corrected chi connectivity index (χ1v) is 6.58. The van der Waals surface area contributed by atoms with E-state index in [1.807, 2.05) is 6.92 Å². The second kappa shape index (κ2) is 4.00. The molecule has 3 heteroatoms. The van der Waals surface area contributed by atoms with Gasteiger partial charge in [-0.15, -0.1) is 11.3 Å². The van der Waals surface area contributed by atoms with Gasteiger partial charge in [-0.25, -0.2) is 0 Å². The van der Waals surface area contributed by atoms with Crippen LogP contribution in [0.1, 0.15) is 17.0 Å². The van der Waals surface area contributed by atoms with Crippen molar-refractivity contribution in [3.05, 3.63) is 52.7 Å². The van der Waals surface area contributed by atoms with Crippen molar-refractivity contribution in [1.82, 2.24) is 9.78 Å². The van der Waals surface area contributed by atoms with Crippen molar-refractivity contribution in [3.8, 4) is 0 Å². The van der Waals surface area contributed by atoms with Crippen molar-refractivity contribution in [1.29, 1.82) is 0 Å². The topological polar surface area (TPSA) is 17.8 Å². The van der Waals surface area contributed by atoms with Gasteiger partial charge in [0, 0.05) is 10.4 Å². The van der Waals surface area contributed by atoms with Gasteiger partial charge in [0.1, 0.15) is 0 Å². The zero-order valence-corrected chi connectivity index (χ0v) is 10.8. The van der Waals surface area contributed by atoms with E-state index in [0.717, 1.165) is 12.2 Å². The summed E-state index contributed by atoms with van der Waals surface area (Å²) < 4.78 is 3.42. The summed E-state index contributed by atoms with van der Waals surface area (Å²) in [6.45, 7) is 5.01. The molecule has 86 valence electrons. The fourth-order valence-electron chi connectivity index (χ4n) is 2.15. The van der Waals surface area contributed by atoms with Crippen molar-refractivity contribution in [2.45, 2.75) is 20.4 Å². The molecule has 3 rings (SSSR count). The Kier molecular flexibility index (Phi) is 2.48. The number of fused-ring (bicyclic) bond motifs is 1. The Labute approximate surface area is 105 Å². The second-order valence-electron chi connectivity index (χ2n) is 4.34. The summed E-state index contributed by atoms with van der Waals surface area (Å²) in [7, 11) is 0. The van der Waals surface area contributed by atoms with Crippen LogP contribution < -0.4 is 0 Å². The average Bonchev–Trinajstić information content (AvgIpc) is 2.85. The van der Waals surface area contributed by atoms with E-state index in [0.29, 0.717) is 0 Å². The summed E-state index contributed by atoms with van der Waals surface area (Å²) in [5.74, 6) is 0. The van der Waals surface area contributed by atoms with E-state index in [9.17, 15) is 0 Å². The highest BCUT2D eigenvalue weighted by atomic mass is 32.1. The van der Waals surface area contributed by atoms with Crippen LogP contribution in [0.3, 0.4) is 0 Å². The minimum atomic E-state index is 0.865. The standard InChI is InChI=1S/C14H14N2S/c1-10-7-11(2)16(15-10)8-12-9-17-14-6-4-3-5-13(12)14/h3-7,9H,8H2,1-2H3. The number of hydrogen-bond acceptors (Lipinski definition) is 2. The Morgan fingerprint density at radius 1 is 1.24 bits per heavy atom. The molecule has 2 heterocycles. The molecule has 0 saturated heterocycles. The lowest BCUT2D eigenvalue weighted by molar-refractivity contribution is 0.663. The first-order chi connectivity index (χ1) is 8.24. The smallest absolute Gasteiger partial charge is 0.0676 e. The molecule has 0 unspecified atom stereocenters. The van der Waals surface area contributed by atoms with Crippen LogP contribution in [0.5, 0.6) is 0 Å². The van der Waals surface area contributed by atoms with Gasteiger partial charge < -0.3 is 0 Å². The molecule has 0 aliphatic rings. The number of thiophene rings is 1. The van der Waals surface area contributed by atoms with Crippen LogP contribution in [0.15, 0.2) is 35.7 Å². The minimum absolute atomic E-state index is 0.865. The van der Waals surface area contributed by atoms with E-state index in [4.69, 9.17) is 0 Å². The second-order valence-corrected chi connectivity index (χ2v) is 5.25. The Bertz CT molecular complexity index is 664. The van der Waals surface area contributed by atoms with Gasteiger partial charge in [-0.3, -0.25) is 4.68 Å². The molecule has 3 aromatic rings. The molecule has 0 spiro atoms. The minimum Gasteiger partial charge on any atom is -0.265 e. The van der Waals surface area contributed by atoms with Crippen LogP contribution >= 0.6 is 11.3 Å². The SMILES string of the molecule is Cc1cc(C)n(Cc2csc3ccccc23)n1. The third kappa shape index (κ3) is 1.87. The summed E-state index contributed by atoms with van der Waals surface area (Å²) in [6.07, 6.45) is 0. The number of hydrogen-bond donors (Lipinski definition) is 0. The third-order valence-corrected chi connectivity index (χ3v) is 4.00. The van der Waals surface area contributed by atoms with E-state index in [2.05, 4.69) is 52.4 Å². The molecule has 0 radical (unpaired) electrons. The van der Waals surface area contributed by atoms with Crippen LogP contribution in [0.4, 0.5) is 0 Å². The molecule has 0 saturated carbocycles. The number of rotatable bonds is 2. The normalized spacial score (nSPS) is 11.2. The Morgan fingerprint density at radius 2 is 2.06 bits per heavy atom. The van der Waals surface area contributed by atoms with Crippen LogP contribution in [0.2, 0.25) is 0 Å². The highest BCUT2D eigenvalue weighted by Crippen LogP contribution is 2.26. The predicted molar refractivity (Wildman–Crippen MR) is 72.6 cm³/mol. The quantitative estimate of drug-likeness (QED) is 0.669. The summed E-state index contributed by atoms with van der Waals surface area (Å²) in [4.78, 5) is 0. The molecule has 0 fully saturated rings. The lowest BCUT2D eigenvalue weighted by Crippen LogP contribution is -2.03. The predicted octanol–water partition coefficient (Wildman–Crippen LogP) is 3.76. The molecule has 1 aromatic carbocycles. The summed E-state index contributed by atoms with van der Waals surface area (Å²) >= 11 is 1.80. The number of benzene rings is 1. The lowest BCUT2D eigenvalue weighted by atomic mass is 10.2. The summed E-state index contributed by atoms with van der Waals surface area (Å²) in [5.41, 5.74) is 3.66. The molecule has 0 N–H and O–H groups in total. The number of nitrogens with zero attached hydrogens (tertiary/aromatic N) is 2. The van der Waals surface area contributed by atoms with Crippen molar-refractivity contribution < 1.29 is 0 Å². The van der Waals surface area contributed by atoms with Crippen molar-refractivity contribution >= 4 is 21.4 Å². The van der Waals surface area contributed by atoms with Crippen LogP contribution in [-0.2, 0) is 6.54 Å². The highest BCUT2D eigenvalue weighted by molar-refractivity contribution is 7.17. The van der Waals surface area contributed by atoms with Crippen molar-refractivity contribution in [3.63, 3.8) is 0 Å². The molecule has 0 aliphatic carbocycles. The largest absolute Gasteiger partial charge is 0.265 e. The van der Waals surface area contributed by atoms with Gasteiger partial charge in [0.05, 0.1) is 12.2 Å². The fourth-order valence-corrected chi connectivity index (χ4v) is 3.11.